The minimum atomic E-state index is -0.688. The van der Waals surface area contributed by atoms with Gasteiger partial charge < -0.3 is 24.8 Å². The topological polar surface area (TPSA) is 103 Å². The predicted molar refractivity (Wildman–Crippen MR) is 103 cm³/mol. The second-order valence-electron chi connectivity index (χ2n) is 5.56. The Hall–Kier alpha value is -3.26. The Morgan fingerprint density at radius 3 is 2.21 bits per heavy atom. The highest BCUT2D eigenvalue weighted by Crippen LogP contribution is 2.20. The fourth-order valence-electron chi connectivity index (χ4n) is 2.27. The second kappa shape index (κ2) is 9.61. The summed E-state index contributed by atoms with van der Waals surface area (Å²) in [6.07, 6.45) is -0.688. The Morgan fingerprint density at radius 1 is 0.964 bits per heavy atom. The van der Waals surface area contributed by atoms with E-state index in [1.165, 1.54) is 32.4 Å². The summed E-state index contributed by atoms with van der Waals surface area (Å²) in [5, 5.41) is 5.64. The van der Waals surface area contributed by atoms with Gasteiger partial charge in [-0.1, -0.05) is 11.6 Å². The van der Waals surface area contributed by atoms with Crippen LogP contribution in [0.25, 0.3) is 0 Å². The average Bonchev–Trinajstić information content (AvgIpc) is 2.68. The smallest absolute Gasteiger partial charge is 0.339 e. The Morgan fingerprint density at radius 2 is 1.61 bits per heavy atom. The van der Waals surface area contributed by atoms with Gasteiger partial charge in [-0.2, -0.15) is 0 Å². The number of methoxy groups -OCH3 is 2. The van der Waals surface area contributed by atoms with Gasteiger partial charge in [-0.15, -0.1) is 0 Å². The van der Waals surface area contributed by atoms with E-state index in [4.69, 9.17) is 21.1 Å². The minimum Gasteiger partial charge on any atom is -0.471 e. The van der Waals surface area contributed by atoms with Crippen LogP contribution < -0.4 is 15.4 Å². The monoisotopic (exact) mass is 406 g/mol. The van der Waals surface area contributed by atoms with Crippen LogP contribution in [0.5, 0.6) is 5.75 Å². The standard InChI is InChI=1S/C19H19ClN2O6/c1-11(28-14-7-5-13(20)6-8-14)21-19(25)22-16-10-12(17(23)26-2)4-9-15(16)18(24)27-3/h4-11H,1-3H3,(H2,21,22,25). The van der Waals surface area contributed by atoms with Crippen molar-refractivity contribution in [3.8, 4) is 5.75 Å². The summed E-state index contributed by atoms with van der Waals surface area (Å²) in [5.41, 5.74) is 0.332. The molecule has 0 spiro atoms. The van der Waals surface area contributed by atoms with Crippen molar-refractivity contribution in [3.05, 3.63) is 58.6 Å². The Balaban J connectivity index is 2.11. The minimum absolute atomic E-state index is 0.0802. The molecule has 0 aliphatic carbocycles. The lowest BCUT2D eigenvalue weighted by Gasteiger charge is -2.18. The number of carbonyl (C=O) groups excluding carboxylic acids is 3. The first-order valence-corrected chi connectivity index (χ1v) is 8.52. The van der Waals surface area contributed by atoms with Gasteiger partial charge in [0, 0.05) is 5.02 Å². The first-order chi connectivity index (χ1) is 13.3. The zero-order valence-corrected chi connectivity index (χ0v) is 16.2. The normalized spacial score (nSPS) is 11.1. The maximum Gasteiger partial charge on any atom is 0.339 e. The van der Waals surface area contributed by atoms with Crippen LogP contribution in [-0.4, -0.2) is 38.4 Å². The summed E-state index contributed by atoms with van der Waals surface area (Å²) < 4.78 is 14.9. The van der Waals surface area contributed by atoms with Crippen LogP contribution in [0.2, 0.25) is 5.02 Å². The molecule has 1 unspecified atom stereocenters. The molecule has 0 fully saturated rings. The van der Waals surface area contributed by atoms with E-state index in [2.05, 4.69) is 15.4 Å². The first-order valence-electron chi connectivity index (χ1n) is 8.14. The van der Waals surface area contributed by atoms with E-state index in [0.717, 1.165) is 0 Å². The summed E-state index contributed by atoms with van der Waals surface area (Å²) in [6.45, 7) is 1.63. The molecule has 2 aromatic carbocycles. The lowest BCUT2D eigenvalue weighted by atomic mass is 10.1. The number of esters is 2. The highest BCUT2D eigenvalue weighted by atomic mass is 35.5. The largest absolute Gasteiger partial charge is 0.471 e. The van der Waals surface area contributed by atoms with E-state index in [1.807, 2.05) is 0 Å². The molecule has 0 saturated heterocycles. The Kier molecular flexibility index (Phi) is 7.22. The van der Waals surface area contributed by atoms with Crippen molar-refractivity contribution in [1.82, 2.24) is 5.32 Å². The van der Waals surface area contributed by atoms with E-state index < -0.39 is 24.2 Å². The quantitative estimate of drug-likeness (QED) is 0.562. The Labute approximate surface area is 166 Å². The van der Waals surface area contributed by atoms with Gasteiger partial charge >= 0.3 is 18.0 Å². The molecule has 0 heterocycles. The van der Waals surface area contributed by atoms with Crippen molar-refractivity contribution in [2.24, 2.45) is 0 Å². The van der Waals surface area contributed by atoms with Crippen molar-refractivity contribution in [1.29, 1.82) is 0 Å². The molecular weight excluding hydrogens is 388 g/mol. The second-order valence-corrected chi connectivity index (χ2v) is 5.99. The van der Waals surface area contributed by atoms with Crippen LogP contribution in [0, 0.1) is 0 Å². The lowest BCUT2D eigenvalue weighted by molar-refractivity contribution is 0.0587. The zero-order valence-electron chi connectivity index (χ0n) is 15.4. The molecule has 8 nitrogen and oxygen atoms in total. The third-order valence-electron chi connectivity index (χ3n) is 3.56. The van der Waals surface area contributed by atoms with Crippen molar-refractivity contribution < 1.29 is 28.6 Å². The molecule has 0 aliphatic rings. The number of halogens is 1. The van der Waals surface area contributed by atoms with Crippen LogP contribution in [0.15, 0.2) is 42.5 Å². The van der Waals surface area contributed by atoms with Gasteiger partial charge in [-0.3, -0.25) is 0 Å². The number of benzene rings is 2. The van der Waals surface area contributed by atoms with Crippen molar-refractivity contribution >= 4 is 35.3 Å². The van der Waals surface area contributed by atoms with Crippen molar-refractivity contribution in [3.63, 3.8) is 0 Å². The number of carbonyl (C=O) groups is 3. The molecule has 2 aromatic rings. The summed E-state index contributed by atoms with van der Waals surface area (Å²) in [5.74, 6) is -0.767. The first kappa shape index (κ1) is 21.0. The third-order valence-corrected chi connectivity index (χ3v) is 3.81. The van der Waals surface area contributed by atoms with Crippen LogP contribution in [0.4, 0.5) is 10.5 Å². The summed E-state index contributed by atoms with van der Waals surface area (Å²) in [4.78, 5) is 35.9. The molecule has 0 bridgehead atoms. The fraction of sp³-hybridized carbons (Fsp3) is 0.211. The number of nitrogens with one attached hydrogen (secondary N) is 2. The number of urea groups is 1. The fourth-order valence-corrected chi connectivity index (χ4v) is 2.40. The highest BCUT2D eigenvalue weighted by molar-refractivity contribution is 6.30. The third kappa shape index (κ3) is 5.62. The molecule has 0 aliphatic heterocycles. The molecule has 0 aromatic heterocycles. The number of ether oxygens (including phenoxy) is 3. The molecule has 9 heteroatoms. The maximum absolute atomic E-state index is 12.3. The van der Waals surface area contributed by atoms with Crippen LogP contribution in [-0.2, 0) is 9.47 Å². The van der Waals surface area contributed by atoms with Gasteiger partial charge in [0.1, 0.15) is 5.75 Å². The molecule has 2 amide bonds. The maximum atomic E-state index is 12.3. The van der Waals surface area contributed by atoms with E-state index in [9.17, 15) is 14.4 Å². The molecule has 28 heavy (non-hydrogen) atoms. The van der Waals surface area contributed by atoms with Gasteiger partial charge in [-0.25, -0.2) is 14.4 Å². The van der Waals surface area contributed by atoms with Gasteiger partial charge in [0.25, 0.3) is 0 Å². The number of hydrogen-bond acceptors (Lipinski definition) is 6. The van der Waals surface area contributed by atoms with E-state index in [-0.39, 0.29) is 16.8 Å². The summed E-state index contributed by atoms with van der Waals surface area (Å²) in [7, 11) is 2.44. The van der Waals surface area contributed by atoms with E-state index in [1.54, 1.807) is 31.2 Å². The Bertz CT molecular complexity index is 869. The molecule has 2 rings (SSSR count). The average molecular weight is 407 g/mol. The van der Waals surface area contributed by atoms with Gasteiger partial charge in [0.2, 0.25) is 0 Å². The molecule has 148 valence electrons. The van der Waals surface area contributed by atoms with Gasteiger partial charge in [0.05, 0.1) is 31.0 Å². The number of anilines is 1. The molecular formula is C19H19ClN2O6. The van der Waals surface area contributed by atoms with Crippen molar-refractivity contribution in [2.45, 2.75) is 13.2 Å². The van der Waals surface area contributed by atoms with E-state index in [0.29, 0.717) is 10.8 Å². The summed E-state index contributed by atoms with van der Waals surface area (Å²) in [6, 6.07) is 10.1. The van der Waals surface area contributed by atoms with Crippen LogP contribution >= 0.6 is 11.6 Å². The van der Waals surface area contributed by atoms with Crippen molar-refractivity contribution in [2.75, 3.05) is 19.5 Å². The molecule has 0 radical (unpaired) electrons. The highest BCUT2D eigenvalue weighted by Gasteiger charge is 2.18. The van der Waals surface area contributed by atoms with Gasteiger partial charge in [0.15, 0.2) is 6.23 Å². The van der Waals surface area contributed by atoms with E-state index >= 15 is 0 Å². The zero-order chi connectivity index (χ0) is 20.7. The molecule has 1 atom stereocenters. The SMILES string of the molecule is COC(=O)c1ccc(C(=O)OC)c(NC(=O)NC(C)Oc2ccc(Cl)cc2)c1. The predicted octanol–water partition coefficient (Wildman–Crippen LogP) is 3.46. The number of rotatable bonds is 6. The van der Waals surface area contributed by atoms with Crippen LogP contribution in [0.1, 0.15) is 27.6 Å². The summed E-state index contributed by atoms with van der Waals surface area (Å²) >= 11 is 5.81. The molecule has 0 saturated carbocycles. The van der Waals surface area contributed by atoms with Crippen LogP contribution in [0.3, 0.4) is 0 Å². The number of amides is 2. The lowest BCUT2D eigenvalue weighted by Crippen LogP contribution is -2.39. The number of hydrogen-bond donors (Lipinski definition) is 2. The molecule has 2 N–H and O–H groups in total. The van der Waals surface area contributed by atoms with Gasteiger partial charge in [-0.05, 0) is 49.4 Å².